The van der Waals surface area contributed by atoms with Crippen molar-refractivity contribution in [1.82, 2.24) is 14.7 Å². The molecular formula is C19H32N4O2. The van der Waals surface area contributed by atoms with E-state index in [9.17, 15) is 9.90 Å². The Labute approximate surface area is 151 Å². The van der Waals surface area contributed by atoms with E-state index >= 15 is 0 Å². The number of piperazine rings is 1. The van der Waals surface area contributed by atoms with Gasteiger partial charge in [-0.05, 0) is 45.6 Å². The Morgan fingerprint density at radius 1 is 1.32 bits per heavy atom. The predicted molar refractivity (Wildman–Crippen MR) is 102 cm³/mol. The highest BCUT2D eigenvalue weighted by molar-refractivity contribution is 5.94. The molecule has 1 heterocycles. The summed E-state index contributed by atoms with van der Waals surface area (Å²) in [5.41, 5.74) is 1.92. The fraction of sp³-hybridized carbons (Fsp3) is 0.632. The highest BCUT2D eigenvalue weighted by Crippen LogP contribution is 2.11. The van der Waals surface area contributed by atoms with Crippen molar-refractivity contribution in [2.24, 2.45) is 0 Å². The first-order valence-corrected chi connectivity index (χ1v) is 9.02. The summed E-state index contributed by atoms with van der Waals surface area (Å²) in [5.74, 6) is -0.0557. The average Bonchev–Trinajstić information content (AvgIpc) is 2.56. The monoisotopic (exact) mass is 348 g/mol. The van der Waals surface area contributed by atoms with Crippen LogP contribution < -0.4 is 5.32 Å². The van der Waals surface area contributed by atoms with Gasteiger partial charge in [0.05, 0.1) is 12.1 Å². The fourth-order valence-corrected chi connectivity index (χ4v) is 3.05. The standard InChI is InChI=1S/C19H32N4O2/c1-15-6-5-7-17(12-15)20-19(25)16(2)22(4)13-18(24)14-23-10-8-21(3)9-11-23/h5-7,12,16,18,24H,8-11,13-14H2,1-4H3,(H,20,25). The molecule has 2 unspecified atom stereocenters. The van der Waals surface area contributed by atoms with Crippen molar-refractivity contribution in [3.05, 3.63) is 29.8 Å². The lowest BCUT2D eigenvalue weighted by Crippen LogP contribution is -2.50. The number of rotatable bonds is 7. The lowest BCUT2D eigenvalue weighted by molar-refractivity contribution is -0.120. The molecule has 1 amide bonds. The third-order valence-corrected chi connectivity index (χ3v) is 4.89. The van der Waals surface area contributed by atoms with E-state index in [1.54, 1.807) is 0 Å². The molecule has 0 radical (unpaired) electrons. The van der Waals surface area contributed by atoms with Gasteiger partial charge in [-0.25, -0.2) is 0 Å². The minimum absolute atomic E-state index is 0.0557. The van der Waals surface area contributed by atoms with E-state index < -0.39 is 6.10 Å². The Bertz CT molecular complexity index is 558. The lowest BCUT2D eigenvalue weighted by Gasteiger charge is -2.34. The summed E-state index contributed by atoms with van der Waals surface area (Å²) < 4.78 is 0. The van der Waals surface area contributed by atoms with Crippen molar-refractivity contribution in [2.75, 3.05) is 58.7 Å². The second-order valence-electron chi connectivity index (χ2n) is 7.23. The molecule has 25 heavy (non-hydrogen) atoms. The Morgan fingerprint density at radius 2 is 2.00 bits per heavy atom. The SMILES string of the molecule is Cc1cccc(NC(=O)C(C)N(C)CC(O)CN2CCN(C)CC2)c1. The van der Waals surface area contributed by atoms with Gasteiger partial charge in [0.15, 0.2) is 0 Å². The first-order chi connectivity index (χ1) is 11.8. The molecule has 0 aliphatic carbocycles. The van der Waals surface area contributed by atoms with Crippen LogP contribution in [0.15, 0.2) is 24.3 Å². The number of nitrogens with one attached hydrogen (secondary N) is 1. The van der Waals surface area contributed by atoms with Gasteiger partial charge in [0, 0.05) is 45.0 Å². The summed E-state index contributed by atoms with van der Waals surface area (Å²) in [6.45, 7) is 9.06. The van der Waals surface area contributed by atoms with Crippen molar-refractivity contribution in [3.8, 4) is 0 Å². The minimum Gasteiger partial charge on any atom is -0.390 e. The Balaban J connectivity index is 1.78. The molecule has 6 heteroatoms. The zero-order chi connectivity index (χ0) is 18.4. The van der Waals surface area contributed by atoms with Crippen LogP contribution in [-0.2, 0) is 4.79 Å². The molecule has 1 fully saturated rings. The van der Waals surface area contributed by atoms with Crippen LogP contribution in [0.4, 0.5) is 5.69 Å². The molecule has 0 spiro atoms. The zero-order valence-electron chi connectivity index (χ0n) is 15.9. The Kier molecular flexibility index (Phi) is 7.38. The summed E-state index contributed by atoms with van der Waals surface area (Å²) in [4.78, 5) is 18.9. The third kappa shape index (κ3) is 6.40. The summed E-state index contributed by atoms with van der Waals surface area (Å²) in [6, 6.07) is 7.47. The topological polar surface area (TPSA) is 59.1 Å². The first-order valence-electron chi connectivity index (χ1n) is 9.02. The number of aliphatic hydroxyl groups excluding tert-OH is 1. The molecule has 2 rings (SSSR count). The highest BCUT2D eigenvalue weighted by atomic mass is 16.3. The number of carbonyl (C=O) groups excluding carboxylic acids is 1. The largest absolute Gasteiger partial charge is 0.390 e. The lowest BCUT2D eigenvalue weighted by atomic mass is 10.2. The molecule has 1 aliphatic heterocycles. The summed E-state index contributed by atoms with van der Waals surface area (Å²) in [7, 11) is 4.00. The van der Waals surface area contributed by atoms with Crippen LogP contribution in [0.2, 0.25) is 0 Å². The number of anilines is 1. The van der Waals surface area contributed by atoms with Gasteiger partial charge in [-0.1, -0.05) is 12.1 Å². The number of hydrogen-bond donors (Lipinski definition) is 2. The van der Waals surface area contributed by atoms with E-state index in [1.165, 1.54) is 0 Å². The van der Waals surface area contributed by atoms with Crippen LogP contribution in [-0.4, -0.2) is 91.2 Å². The number of likely N-dealkylation sites (N-methyl/N-ethyl adjacent to an activating group) is 2. The molecule has 1 aromatic carbocycles. The Hall–Kier alpha value is -1.47. The molecule has 0 saturated carbocycles. The first kappa shape index (κ1) is 19.8. The van der Waals surface area contributed by atoms with Crippen molar-refractivity contribution in [1.29, 1.82) is 0 Å². The van der Waals surface area contributed by atoms with Gasteiger partial charge in [0.1, 0.15) is 0 Å². The average molecular weight is 348 g/mol. The van der Waals surface area contributed by atoms with Gasteiger partial charge in [-0.2, -0.15) is 0 Å². The van der Waals surface area contributed by atoms with Gasteiger partial charge in [-0.3, -0.25) is 14.6 Å². The van der Waals surface area contributed by atoms with Crippen LogP contribution in [0, 0.1) is 6.92 Å². The molecule has 1 saturated heterocycles. The number of β-amino-alcohol motifs (C(OH)–C–C–N with tert-alkyl or cyclic N) is 1. The Morgan fingerprint density at radius 3 is 2.64 bits per heavy atom. The summed E-state index contributed by atoms with van der Waals surface area (Å²) in [6.07, 6.45) is -0.456. The maximum absolute atomic E-state index is 12.4. The van der Waals surface area contributed by atoms with Crippen molar-refractivity contribution in [2.45, 2.75) is 26.0 Å². The van der Waals surface area contributed by atoms with Gasteiger partial charge in [-0.15, -0.1) is 0 Å². The van der Waals surface area contributed by atoms with Crippen molar-refractivity contribution in [3.63, 3.8) is 0 Å². The number of amides is 1. The van der Waals surface area contributed by atoms with Crippen molar-refractivity contribution >= 4 is 11.6 Å². The number of nitrogens with zero attached hydrogens (tertiary/aromatic N) is 3. The number of hydrogen-bond acceptors (Lipinski definition) is 5. The second-order valence-corrected chi connectivity index (χ2v) is 7.23. The van der Waals surface area contributed by atoms with Gasteiger partial charge >= 0.3 is 0 Å². The number of aryl methyl sites for hydroxylation is 1. The second kappa shape index (κ2) is 9.29. The molecular weight excluding hydrogens is 316 g/mol. The van der Waals surface area contributed by atoms with Crippen LogP contribution in [0.1, 0.15) is 12.5 Å². The molecule has 0 aromatic heterocycles. The molecule has 140 valence electrons. The third-order valence-electron chi connectivity index (χ3n) is 4.89. The van der Waals surface area contributed by atoms with E-state index in [-0.39, 0.29) is 11.9 Å². The summed E-state index contributed by atoms with van der Waals surface area (Å²) in [5, 5.41) is 13.3. The molecule has 6 nitrogen and oxygen atoms in total. The maximum Gasteiger partial charge on any atom is 0.241 e. The zero-order valence-corrected chi connectivity index (χ0v) is 15.9. The molecule has 2 atom stereocenters. The van der Waals surface area contributed by atoms with Crippen LogP contribution in [0.3, 0.4) is 0 Å². The predicted octanol–water partition coefficient (Wildman–Crippen LogP) is 0.862. The minimum atomic E-state index is -0.456. The molecule has 0 bridgehead atoms. The van der Waals surface area contributed by atoms with Crippen molar-refractivity contribution < 1.29 is 9.90 Å². The van der Waals surface area contributed by atoms with Crippen LogP contribution in [0.5, 0.6) is 0 Å². The number of benzene rings is 1. The van der Waals surface area contributed by atoms with E-state index in [0.717, 1.165) is 37.4 Å². The quantitative estimate of drug-likeness (QED) is 0.765. The molecule has 2 N–H and O–H groups in total. The smallest absolute Gasteiger partial charge is 0.241 e. The van der Waals surface area contributed by atoms with E-state index in [4.69, 9.17) is 0 Å². The normalized spacial score (nSPS) is 19.0. The van der Waals surface area contributed by atoms with Gasteiger partial charge < -0.3 is 15.3 Å². The number of aliphatic hydroxyl groups is 1. The van der Waals surface area contributed by atoms with E-state index in [2.05, 4.69) is 22.2 Å². The molecule has 1 aromatic rings. The summed E-state index contributed by atoms with van der Waals surface area (Å²) >= 11 is 0. The van der Waals surface area contributed by atoms with Crippen LogP contribution >= 0.6 is 0 Å². The van der Waals surface area contributed by atoms with E-state index in [1.807, 2.05) is 50.1 Å². The van der Waals surface area contributed by atoms with Gasteiger partial charge in [0.25, 0.3) is 0 Å². The van der Waals surface area contributed by atoms with Gasteiger partial charge in [0.2, 0.25) is 5.91 Å². The molecule has 1 aliphatic rings. The number of carbonyl (C=O) groups is 1. The maximum atomic E-state index is 12.4. The van der Waals surface area contributed by atoms with Crippen LogP contribution in [0.25, 0.3) is 0 Å². The van der Waals surface area contributed by atoms with E-state index in [0.29, 0.717) is 13.1 Å². The fourth-order valence-electron chi connectivity index (χ4n) is 3.05. The highest BCUT2D eigenvalue weighted by Gasteiger charge is 2.22.